The van der Waals surface area contributed by atoms with E-state index < -0.39 is 41.6 Å². The smallest absolute Gasteiger partial charge is 0.327 e. The van der Waals surface area contributed by atoms with Gasteiger partial charge in [0.2, 0.25) is 11.8 Å². The van der Waals surface area contributed by atoms with E-state index in [4.69, 9.17) is 9.47 Å². The molecule has 3 amide bonds. The number of imide groups is 1. The first-order chi connectivity index (χ1) is 22.5. The summed E-state index contributed by atoms with van der Waals surface area (Å²) >= 11 is 6.26. The predicted molar refractivity (Wildman–Crippen MR) is 178 cm³/mol. The monoisotopic (exact) mass is 741 g/mol. The van der Waals surface area contributed by atoms with Crippen LogP contribution in [0.15, 0.2) is 56.8 Å². The largest absolute Gasteiger partial charge is 0.497 e. The summed E-state index contributed by atoms with van der Waals surface area (Å²) in [6, 6.07) is 11.3. The zero-order chi connectivity index (χ0) is 33.3. The fourth-order valence-electron chi connectivity index (χ4n) is 8.26. The second-order valence-electron chi connectivity index (χ2n) is 12.8. The highest BCUT2D eigenvalue weighted by Crippen LogP contribution is 2.69. The van der Waals surface area contributed by atoms with Crippen molar-refractivity contribution in [2.75, 3.05) is 19.0 Å². The molecule has 4 aliphatic rings. The molecule has 14 heteroatoms. The standard InChI is InChI=1S/C33H32BrN3O8S2/c1-13(2)26(32(41)42)37-30(39)24-18-11-19(25(24)31(37)40)27-23(18)22(28-29(46-27)36-33(43)47-28)17-10-14(34)4-9-20(17)45-12-21(38)35-15-5-7-16(44-3)8-6-15/h4-10,13,18-19,22-27H,11-12H2,1-3H3,(H,35,38)(H,36,43)(H,41,42)/t18?,19?,22-,23?,24?,25?,26?,27?/m1/s1. The normalized spacial score (nSPS) is 27.8. The number of H-pyrrole nitrogens is 1. The second-order valence-corrected chi connectivity index (χ2v) is 15.9. The number of amides is 3. The molecule has 1 saturated heterocycles. The van der Waals surface area contributed by atoms with Crippen molar-refractivity contribution in [3.63, 3.8) is 0 Å². The van der Waals surface area contributed by atoms with E-state index in [0.717, 1.165) is 36.2 Å². The second kappa shape index (κ2) is 12.1. The van der Waals surface area contributed by atoms with E-state index in [1.54, 1.807) is 63.1 Å². The zero-order valence-corrected chi connectivity index (χ0v) is 28.8. The predicted octanol–water partition coefficient (Wildman–Crippen LogP) is 4.81. The molecule has 3 aromatic rings. The lowest BCUT2D eigenvalue weighted by Gasteiger charge is -2.43. The van der Waals surface area contributed by atoms with Gasteiger partial charge in [-0.3, -0.25) is 24.1 Å². The van der Waals surface area contributed by atoms with Gasteiger partial charge in [0.1, 0.15) is 17.5 Å². The summed E-state index contributed by atoms with van der Waals surface area (Å²) < 4.78 is 12.1. The topological polar surface area (TPSA) is 155 Å². The van der Waals surface area contributed by atoms with Gasteiger partial charge in [0.15, 0.2) is 6.61 Å². The average Bonchev–Trinajstić information content (AvgIpc) is 3.76. The van der Waals surface area contributed by atoms with Crippen molar-refractivity contribution in [3.8, 4) is 11.5 Å². The maximum Gasteiger partial charge on any atom is 0.327 e. The third kappa shape index (κ3) is 5.28. The number of aliphatic carboxylic acids is 1. The summed E-state index contributed by atoms with van der Waals surface area (Å²) in [7, 11) is 1.57. The molecule has 1 aromatic heterocycles. The molecule has 0 spiro atoms. The number of aromatic amines is 1. The Kier molecular flexibility index (Phi) is 8.24. The first-order valence-corrected chi connectivity index (χ1v) is 17.8. The lowest BCUT2D eigenvalue weighted by molar-refractivity contribution is -0.157. The van der Waals surface area contributed by atoms with Crippen LogP contribution in [0.3, 0.4) is 0 Å². The first-order valence-electron chi connectivity index (χ1n) is 15.3. The zero-order valence-electron chi connectivity index (χ0n) is 25.6. The highest BCUT2D eigenvalue weighted by molar-refractivity contribution is 9.10. The number of likely N-dealkylation sites (tertiary alicyclic amines) is 1. The van der Waals surface area contributed by atoms with Crippen molar-refractivity contribution in [1.82, 2.24) is 9.88 Å². The lowest BCUT2D eigenvalue weighted by Crippen LogP contribution is -2.49. The molecule has 7 unspecified atom stereocenters. The van der Waals surface area contributed by atoms with E-state index in [0.29, 0.717) is 23.6 Å². The molecule has 2 aliphatic heterocycles. The van der Waals surface area contributed by atoms with Gasteiger partial charge in [-0.15, -0.1) is 11.8 Å². The average molecular weight is 743 g/mol. The van der Waals surface area contributed by atoms with E-state index in [1.165, 1.54) is 0 Å². The minimum atomic E-state index is -1.22. The Balaban J connectivity index is 1.22. The van der Waals surface area contributed by atoms with Crippen molar-refractivity contribution < 1.29 is 33.8 Å². The first kappa shape index (κ1) is 32.0. The summed E-state index contributed by atoms with van der Waals surface area (Å²) in [6.07, 6.45) is 0.659. The van der Waals surface area contributed by atoms with Gasteiger partial charge < -0.3 is 24.9 Å². The number of halogens is 1. The summed E-state index contributed by atoms with van der Waals surface area (Å²) in [5.74, 6) is -3.72. The number of carboxylic acids is 1. The van der Waals surface area contributed by atoms with Crippen LogP contribution < -0.4 is 19.7 Å². The van der Waals surface area contributed by atoms with Gasteiger partial charge in [-0.1, -0.05) is 41.1 Å². The molecule has 0 radical (unpaired) electrons. The molecule has 3 N–H and O–H groups in total. The number of benzene rings is 2. The number of fused-ring (bicyclic) bond motifs is 9. The van der Waals surface area contributed by atoms with E-state index >= 15 is 0 Å². The van der Waals surface area contributed by atoms with Crippen LogP contribution in [0.2, 0.25) is 0 Å². The Morgan fingerprint density at radius 2 is 1.79 bits per heavy atom. The van der Waals surface area contributed by atoms with E-state index in [9.17, 15) is 29.1 Å². The van der Waals surface area contributed by atoms with Gasteiger partial charge in [-0.05, 0) is 72.6 Å². The van der Waals surface area contributed by atoms with Gasteiger partial charge >= 0.3 is 10.8 Å². The number of thioether (sulfide) groups is 1. The van der Waals surface area contributed by atoms with Gasteiger partial charge in [0.05, 0.1) is 24.0 Å². The molecule has 3 fully saturated rings. The van der Waals surface area contributed by atoms with Crippen LogP contribution in [0.25, 0.3) is 0 Å². The highest BCUT2D eigenvalue weighted by Gasteiger charge is 2.70. The molecule has 2 aromatic carbocycles. The van der Waals surface area contributed by atoms with Crippen molar-refractivity contribution in [2.45, 2.75) is 42.5 Å². The van der Waals surface area contributed by atoms with Crippen molar-refractivity contribution >= 4 is 68.4 Å². The van der Waals surface area contributed by atoms with Crippen LogP contribution in [-0.4, -0.2) is 63.7 Å². The van der Waals surface area contributed by atoms with Gasteiger partial charge in [-0.2, -0.15) is 0 Å². The Labute approximate surface area is 286 Å². The van der Waals surface area contributed by atoms with Crippen molar-refractivity contribution in [1.29, 1.82) is 0 Å². The number of ether oxygens (including phenoxy) is 2. The van der Waals surface area contributed by atoms with Crippen LogP contribution in [0.1, 0.15) is 36.6 Å². The van der Waals surface area contributed by atoms with Crippen LogP contribution in [0.5, 0.6) is 11.5 Å². The van der Waals surface area contributed by atoms with Crippen molar-refractivity contribution in [2.24, 2.45) is 35.5 Å². The SMILES string of the molecule is COc1ccc(NC(=O)COc2ccc(Br)cc2[C@H]2c3sc(=O)[nH]c3SC3C4CC(C5C(=O)N(C(C(=O)O)C(C)C)C(=O)C45)C32)cc1. The van der Waals surface area contributed by atoms with Gasteiger partial charge in [0, 0.05) is 31.8 Å². The Morgan fingerprint density at radius 1 is 1.09 bits per heavy atom. The third-order valence-corrected chi connectivity index (χ3v) is 13.0. The number of carboxylic acid groups (broad SMARTS) is 1. The summed E-state index contributed by atoms with van der Waals surface area (Å²) in [4.78, 5) is 70.3. The number of anilines is 1. The summed E-state index contributed by atoms with van der Waals surface area (Å²) in [5, 5.41) is 13.4. The quantitative estimate of drug-likeness (QED) is 0.262. The number of carbonyl (C=O) groups excluding carboxylic acids is 3. The Morgan fingerprint density at radius 3 is 2.45 bits per heavy atom. The number of thiazole rings is 1. The van der Waals surface area contributed by atoms with Crippen molar-refractivity contribution in [3.05, 3.63) is 67.0 Å². The molecule has 2 saturated carbocycles. The van der Waals surface area contributed by atoms with Gasteiger partial charge in [-0.25, -0.2) is 4.79 Å². The third-order valence-electron chi connectivity index (χ3n) is 9.96. The number of hydrogen-bond acceptors (Lipinski definition) is 9. The maximum absolute atomic E-state index is 14.0. The van der Waals surface area contributed by atoms with E-state index in [-0.39, 0.29) is 46.3 Å². The molecule has 11 nitrogen and oxygen atoms in total. The fourth-order valence-corrected chi connectivity index (χ4v) is 11.5. The molecular weight excluding hydrogens is 710 g/mol. The maximum atomic E-state index is 14.0. The molecule has 47 heavy (non-hydrogen) atoms. The van der Waals surface area contributed by atoms with Crippen LogP contribution in [-0.2, 0) is 19.2 Å². The number of hydrogen-bond donors (Lipinski definition) is 3. The number of aromatic nitrogens is 1. The summed E-state index contributed by atoms with van der Waals surface area (Å²) in [6.45, 7) is 3.14. The molecule has 8 atom stereocenters. The highest BCUT2D eigenvalue weighted by atomic mass is 79.9. The van der Waals surface area contributed by atoms with Crippen LogP contribution >= 0.6 is 39.0 Å². The number of carbonyl (C=O) groups is 4. The number of rotatable bonds is 9. The fraction of sp³-hybridized carbons (Fsp3) is 0.424. The number of nitrogens with zero attached hydrogens (tertiary/aromatic N) is 1. The minimum absolute atomic E-state index is 0.0896. The Bertz CT molecular complexity index is 1840. The van der Waals surface area contributed by atoms with Crippen LogP contribution in [0.4, 0.5) is 5.69 Å². The molecular formula is C33H32BrN3O8S2. The summed E-state index contributed by atoms with van der Waals surface area (Å²) in [5.41, 5.74) is 1.36. The molecule has 246 valence electrons. The molecule has 2 aliphatic carbocycles. The number of methoxy groups -OCH3 is 1. The number of nitrogens with one attached hydrogen (secondary N) is 2. The molecule has 3 heterocycles. The molecule has 7 rings (SSSR count). The Hall–Kier alpha value is -3.62. The van der Waals surface area contributed by atoms with E-state index in [1.807, 2.05) is 12.1 Å². The minimum Gasteiger partial charge on any atom is -0.497 e. The lowest BCUT2D eigenvalue weighted by atomic mass is 9.68. The van der Waals surface area contributed by atoms with Gasteiger partial charge in [0.25, 0.3) is 5.91 Å². The molecule has 2 bridgehead atoms. The van der Waals surface area contributed by atoms with Crippen LogP contribution in [0, 0.1) is 35.5 Å². The van der Waals surface area contributed by atoms with E-state index in [2.05, 4.69) is 26.2 Å².